The van der Waals surface area contributed by atoms with E-state index in [1.807, 2.05) is 0 Å². The first kappa shape index (κ1) is 28.5. The molecule has 2 amide bonds. The Labute approximate surface area is 198 Å². The number of carbonyl (C=O) groups is 1. The van der Waals surface area contributed by atoms with Crippen molar-refractivity contribution < 1.29 is 17.9 Å². The normalized spacial score (nSPS) is 11.3. The maximum absolute atomic E-state index is 11.8. The van der Waals surface area contributed by atoms with E-state index in [-0.39, 0.29) is 9.92 Å². The highest BCUT2D eigenvalue weighted by Crippen LogP contribution is 2.24. The number of unbranched alkanes of at least 4 members (excludes halogenated alkanes) is 9. The molecule has 0 saturated heterocycles. The maximum atomic E-state index is 11.8. The summed E-state index contributed by atoms with van der Waals surface area (Å²) in [5, 5.41) is 2.92. The van der Waals surface area contributed by atoms with Crippen LogP contribution in [-0.2, 0) is 14.6 Å². The maximum Gasteiger partial charge on any atom is 0.333 e. The molecule has 0 heterocycles. The van der Waals surface area contributed by atoms with E-state index >= 15 is 0 Å². The summed E-state index contributed by atoms with van der Waals surface area (Å²) in [6.07, 6.45) is 14.9. The molecule has 32 heavy (non-hydrogen) atoms. The second-order valence-corrected chi connectivity index (χ2v) is 10.5. The van der Waals surface area contributed by atoms with Crippen LogP contribution >= 0.6 is 11.6 Å². The van der Waals surface area contributed by atoms with Gasteiger partial charge in [0.15, 0.2) is 9.84 Å². The number of nitrogens with one attached hydrogen (secondary N) is 3. The Morgan fingerprint density at radius 1 is 0.938 bits per heavy atom. The molecule has 0 aromatic heterocycles. The Kier molecular flexibility index (Phi) is 15.2. The molecule has 0 aliphatic carbocycles. The van der Waals surface area contributed by atoms with Crippen molar-refractivity contribution in [2.45, 2.75) is 82.4 Å². The van der Waals surface area contributed by atoms with E-state index in [0.717, 1.165) is 25.7 Å². The van der Waals surface area contributed by atoms with Crippen LogP contribution < -0.4 is 16.2 Å². The van der Waals surface area contributed by atoms with Gasteiger partial charge in [0, 0.05) is 26.0 Å². The lowest BCUT2D eigenvalue weighted by molar-refractivity contribution is 0.127. The number of hydrogen-bond acceptors (Lipinski definition) is 5. The number of ether oxygens (including phenoxy) is 1. The highest BCUT2D eigenvalue weighted by Gasteiger charge is 2.10. The largest absolute Gasteiger partial charge is 0.381 e. The number of anilines is 1. The third kappa shape index (κ3) is 13.8. The fourth-order valence-corrected chi connectivity index (χ4v) is 4.11. The molecule has 1 aromatic rings. The van der Waals surface area contributed by atoms with Crippen LogP contribution in [0.15, 0.2) is 23.1 Å². The van der Waals surface area contributed by atoms with Gasteiger partial charge in [-0.25, -0.2) is 13.2 Å². The van der Waals surface area contributed by atoms with E-state index in [2.05, 4.69) is 23.1 Å². The van der Waals surface area contributed by atoms with Crippen molar-refractivity contribution in [3.8, 4) is 0 Å². The molecule has 1 rings (SSSR count). The van der Waals surface area contributed by atoms with Crippen molar-refractivity contribution in [1.29, 1.82) is 0 Å². The molecule has 0 fully saturated rings. The minimum absolute atomic E-state index is 0.121. The van der Waals surface area contributed by atoms with Gasteiger partial charge in [0.25, 0.3) is 0 Å². The van der Waals surface area contributed by atoms with Gasteiger partial charge < -0.3 is 10.1 Å². The SMILES string of the molecule is CCCCCCCCCCCCOCCCNC(=O)NNc1ccc(S(C)(=O)=O)cc1Cl. The Bertz CT molecular complexity index is 760. The van der Waals surface area contributed by atoms with Crippen molar-refractivity contribution in [1.82, 2.24) is 10.7 Å². The molecule has 9 heteroatoms. The van der Waals surface area contributed by atoms with Gasteiger partial charge in [0.2, 0.25) is 0 Å². The molecule has 0 aliphatic rings. The van der Waals surface area contributed by atoms with Crippen LogP contribution in [0, 0.1) is 0 Å². The molecule has 0 spiro atoms. The smallest absolute Gasteiger partial charge is 0.333 e. The lowest BCUT2D eigenvalue weighted by Gasteiger charge is -2.12. The monoisotopic (exact) mass is 489 g/mol. The molecule has 184 valence electrons. The molecule has 1 aromatic carbocycles. The molecule has 0 atom stereocenters. The Morgan fingerprint density at radius 3 is 2.12 bits per heavy atom. The summed E-state index contributed by atoms with van der Waals surface area (Å²) in [7, 11) is -3.33. The molecule has 0 bridgehead atoms. The quantitative estimate of drug-likeness (QED) is 0.181. The fourth-order valence-electron chi connectivity index (χ4n) is 3.17. The number of amides is 2. The molecule has 0 aliphatic heterocycles. The van der Waals surface area contributed by atoms with E-state index in [9.17, 15) is 13.2 Å². The number of benzene rings is 1. The first-order valence-corrected chi connectivity index (χ1v) is 14.0. The van der Waals surface area contributed by atoms with Crippen molar-refractivity contribution in [2.24, 2.45) is 0 Å². The van der Waals surface area contributed by atoms with E-state index < -0.39 is 15.9 Å². The van der Waals surface area contributed by atoms with Gasteiger partial charge in [-0.3, -0.25) is 10.9 Å². The van der Waals surface area contributed by atoms with Gasteiger partial charge in [-0.15, -0.1) is 0 Å². The minimum atomic E-state index is -3.33. The summed E-state index contributed by atoms with van der Waals surface area (Å²) in [6, 6.07) is 3.86. The summed E-state index contributed by atoms with van der Waals surface area (Å²) in [6.45, 7) is 4.13. The third-order valence-electron chi connectivity index (χ3n) is 5.07. The molecule has 0 radical (unpaired) electrons. The van der Waals surface area contributed by atoms with Crippen LogP contribution in [0.4, 0.5) is 10.5 Å². The van der Waals surface area contributed by atoms with E-state index in [0.29, 0.717) is 18.8 Å². The first-order chi connectivity index (χ1) is 15.3. The van der Waals surface area contributed by atoms with Crippen LogP contribution in [0.25, 0.3) is 0 Å². The predicted molar refractivity (Wildman–Crippen MR) is 132 cm³/mol. The number of urea groups is 1. The Balaban J connectivity index is 1.97. The third-order valence-corrected chi connectivity index (χ3v) is 6.50. The van der Waals surface area contributed by atoms with Gasteiger partial charge in [-0.2, -0.15) is 0 Å². The number of hydrazine groups is 1. The van der Waals surface area contributed by atoms with Crippen molar-refractivity contribution in [2.75, 3.05) is 31.4 Å². The average Bonchev–Trinajstić information content (AvgIpc) is 2.75. The highest BCUT2D eigenvalue weighted by molar-refractivity contribution is 7.90. The lowest BCUT2D eigenvalue weighted by atomic mass is 10.1. The highest BCUT2D eigenvalue weighted by atomic mass is 35.5. The van der Waals surface area contributed by atoms with Gasteiger partial charge in [0.05, 0.1) is 15.6 Å². The fraction of sp³-hybridized carbons (Fsp3) is 0.696. The van der Waals surface area contributed by atoms with Gasteiger partial charge >= 0.3 is 6.03 Å². The topological polar surface area (TPSA) is 96.5 Å². The second-order valence-electron chi connectivity index (χ2n) is 8.07. The van der Waals surface area contributed by atoms with Crippen molar-refractivity contribution in [3.05, 3.63) is 23.2 Å². The molecular weight excluding hydrogens is 450 g/mol. The van der Waals surface area contributed by atoms with Gasteiger partial charge in [0.1, 0.15) is 0 Å². The van der Waals surface area contributed by atoms with Crippen LogP contribution in [0.2, 0.25) is 5.02 Å². The number of hydrogen-bond donors (Lipinski definition) is 3. The number of halogens is 1. The van der Waals surface area contributed by atoms with Crippen molar-refractivity contribution >= 4 is 33.2 Å². The van der Waals surface area contributed by atoms with E-state index in [4.69, 9.17) is 16.3 Å². The first-order valence-electron chi connectivity index (χ1n) is 11.7. The summed E-state index contributed by atoms with van der Waals surface area (Å²) in [5.74, 6) is 0. The van der Waals surface area contributed by atoms with Gasteiger partial charge in [-0.05, 0) is 31.0 Å². The summed E-state index contributed by atoms with van der Waals surface area (Å²) >= 11 is 6.05. The van der Waals surface area contributed by atoms with E-state index in [1.54, 1.807) is 0 Å². The zero-order valence-corrected chi connectivity index (χ0v) is 21.1. The van der Waals surface area contributed by atoms with Crippen molar-refractivity contribution in [3.63, 3.8) is 0 Å². The zero-order valence-electron chi connectivity index (χ0n) is 19.6. The summed E-state index contributed by atoms with van der Waals surface area (Å²) < 4.78 is 28.6. The molecule has 0 saturated carbocycles. The minimum Gasteiger partial charge on any atom is -0.381 e. The lowest BCUT2D eigenvalue weighted by Crippen LogP contribution is -2.39. The Morgan fingerprint density at radius 2 is 1.53 bits per heavy atom. The molecule has 3 N–H and O–H groups in total. The number of sulfone groups is 1. The molecule has 0 unspecified atom stereocenters. The zero-order chi connectivity index (χ0) is 23.7. The summed E-state index contributed by atoms with van der Waals surface area (Å²) in [5.41, 5.74) is 5.56. The number of rotatable bonds is 18. The average molecular weight is 490 g/mol. The Hall–Kier alpha value is -1.51. The predicted octanol–water partition coefficient (Wildman–Crippen LogP) is 5.70. The summed E-state index contributed by atoms with van der Waals surface area (Å²) in [4.78, 5) is 11.9. The van der Waals surface area contributed by atoms with E-state index in [1.165, 1.54) is 76.0 Å². The molecular formula is C23H40ClN3O4S. The number of carbonyl (C=O) groups excluding carboxylic acids is 1. The van der Waals surface area contributed by atoms with Crippen LogP contribution in [-0.4, -0.2) is 40.5 Å². The van der Waals surface area contributed by atoms with Crippen LogP contribution in [0.5, 0.6) is 0 Å². The second kappa shape index (κ2) is 17.0. The van der Waals surface area contributed by atoms with Gasteiger partial charge in [-0.1, -0.05) is 76.3 Å². The molecule has 7 nitrogen and oxygen atoms in total. The van der Waals surface area contributed by atoms with Crippen LogP contribution in [0.3, 0.4) is 0 Å². The standard InChI is InChI=1S/C23H40ClN3O4S/c1-3-4-5-6-7-8-9-10-11-12-17-31-18-13-16-25-23(28)27-26-22-15-14-20(19-21(22)24)32(2,29)30/h14-15,19,26H,3-13,16-18H2,1-2H3,(H2,25,27,28). The van der Waals surface area contributed by atoms with Crippen LogP contribution in [0.1, 0.15) is 77.6 Å².